The van der Waals surface area contributed by atoms with Crippen molar-refractivity contribution in [3.63, 3.8) is 0 Å². The number of hydrogen-bond acceptors (Lipinski definition) is 4. The first-order valence-corrected chi connectivity index (χ1v) is 6.32. The van der Waals surface area contributed by atoms with E-state index < -0.39 is 23.4 Å². The van der Waals surface area contributed by atoms with E-state index in [1.54, 1.807) is 48.6 Å². The molecule has 0 aliphatic heterocycles. The summed E-state index contributed by atoms with van der Waals surface area (Å²) in [5, 5.41) is 2.66. The first-order chi connectivity index (χ1) is 8.85. The molecule has 0 fully saturated rings. The van der Waals surface area contributed by atoms with Crippen LogP contribution in [-0.2, 0) is 9.47 Å². The van der Waals surface area contributed by atoms with Crippen LogP contribution in [0, 0.1) is 0 Å². The van der Waals surface area contributed by atoms with Crippen LogP contribution in [0.15, 0.2) is 4.99 Å². The van der Waals surface area contributed by atoms with Crippen molar-refractivity contribution in [2.75, 3.05) is 14.1 Å². The fraction of sp³-hybridized carbons (Fsp3) is 0.769. The van der Waals surface area contributed by atoms with Crippen LogP contribution in [0.25, 0.3) is 0 Å². The molecule has 0 saturated heterocycles. The van der Waals surface area contributed by atoms with E-state index in [2.05, 4.69) is 10.3 Å². The third kappa shape index (κ3) is 7.60. The Kier molecular flexibility index (Phi) is 5.99. The first-order valence-electron chi connectivity index (χ1n) is 6.32. The molecule has 2 amide bonds. The van der Waals surface area contributed by atoms with Gasteiger partial charge in [-0.05, 0) is 41.5 Å². The Morgan fingerprint density at radius 2 is 1.45 bits per heavy atom. The van der Waals surface area contributed by atoms with Crippen LogP contribution < -0.4 is 5.32 Å². The predicted octanol–water partition coefficient (Wildman–Crippen LogP) is 2.36. The lowest BCUT2D eigenvalue weighted by Gasteiger charge is -2.25. The summed E-state index contributed by atoms with van der Waals surface area (Å²) in [5.41, 5.74) is -1.28. The SMILES string of the molecule is CN/C(=N\C(=O)OC(C)(C)C)N(C)C(=O)OC(C)(C)C. The highest BCUT2D eigenvalue weighted by atomic mass is 16.6. The van der Waals surface area contributed by atoms with E-state index in [4.69, 9.17) is 9.47 Å². The summed E-state index contributed by atoms with van der Waals surface area (Å²) in [6, 6.07) is 0. The van der Waals surface area contributed by atoms with Crippen LogP contribution in [0.3, 0.4) is 0 Å². The Hall–Kier alpha value is -1.79. The summed E-state index contributed by atoms with van der Waals surface area (Å²) in [7, 11) is 3.00. The molecule has 0 saturated carbocycles. The molecule has 0 aromatic carbocycles. The molecular formula is C13H25N3O4. The smallest absolute Gasteiger partial charge is 0.437 e. The third-order valence-electron chi connectivity index (χ3n) is 1.80. The molecule has 0 aliphatic carbocycles. The molecule has 7 nitrogen and oxygen atoms in total. The van der Waals surface area contributed by atoms with Crippen molar-refractivity contribution < 1.29 is 19.1 Å². The maximum absolute atomic E-state index is 11.9. The van der Waals surface area contributed by atoms with Crippen molar-refractivity contribution in [2.45, 2.75) is 52.7 Å². The normalized spacial score (nSPS) is 12.7. The molecule has 0 spiro atoms. The van der Waals surface area contributed by atoms with Crippen LogP contribution in [0.4, 0.5) is 9.59 Å². The molecule has 0 aromatic rings. The number of aliphatic imine (C=N–C) groups is 1. The van der Waals surface area contributed by atoms with Gasteiger partial charge in [0, 0.05) is 14.1 Å². The fourth-order valence-electron chi connectivity index (χ4n) is 1.09. The standard InChI is InChI=1S/C13H25N3O4/c1-12(2,3)19-10(17)15-9(14-7)16(8)11(18)20-13(4,5)6/h1-8H3,(H,14,15,17). The Bertz CT molecular complexity index is 391. The maximum atomic E-state index is 11.9. The number of guanidine groups is 1. The lowest BCUT2D eigenvalue weighted by molar-refractivity contribution is 0.0396. The lowest BCUT2D eigenvalue weighted by Crippen LogP contribution is -2.44. The van der Waals surface area contributed by atoms with Crippen molar-refractivity contribution in [1.29, 1.82) is 0 Å². The summed E-state index contributed by atoms with van der Waals surface area (Å²) in [4.78, 5) is 28.3. The highest BCUT2D eigenvalue weighted by molar-refractivity contribution is 5.98. The van der Waals surface area contributed by atoms with Crippen molar-refractivity contribution >= 4 is 18.1 Å². The second-order valence-corrected chi connectivity index (χ2v) is 6.21. The molecule has 7 heteroatoms. The highest BCUT2D eigenvalue weighted by Crippen LogP contribution is 2.10. The quantitative estimate of drug-likeness (QED) is 0.546. The minimum atomic E-state index is -0.780. The van der Waals surface area contributed by atoms with Gasteiger partial charge in [-0.15, -0.1) is 4.99 Å². The molecule has 1 N–H and O–H groups in total. The van der Waals surface area contributed by atoms with Gasteiger partial charge in [-0.1, -0.05) is 0 Å². The molecule has 20 heavy (non-hydrogen) atoms. The summed E-state index contributed by atoms with van der Waals surface area (Å²) in [6.07, 6.45) is -1.40. The van der Waals surface area contributed by atoms with Gasteiger partial charge in [0.05, 0.1) is 0 Å². The first kappa shape index (κ1) is 18.2. The molecule has 0 aliphatic rings. The Morgan fingerprint density at radius 1 is 1.00 bits per heavy atom. The third-order valence-corrected chi connectivity index (χ3v) is 1.80. The van der Waals surface area contributed by atoms with E-state index in [0.717, 1.165) is 4.90 Å². The Labute approximate surface area is 120 Å². The maximum Gasteiger partial charge on any atom is 0.437 e. The predicted molar refractivity (Wildman–Crippen MR) is 76.7 cm³/mol. The van der Waals surface area contributed by atoms with Gasteiger partial charge in [-0.25, -0.2) is 9.59 Å². The Morgan fingerprint density at radius 3 is 1.80 bits per heavy atom. The monoisotopic (exact) mass is 287 g/mol. The van der Waals surface area contributed by atoms with E-state index >= 15 is 0 Å². The number of amides is 2. The van der Waals surface area contributed by atoms with Crippen molar-refractivity contribution in [3.8, 4) is 0 Å². The second-order valence-electron chi connectivity index (χ2n) is 6.21. The van der Waals surface area contributed by atoms with Crippen molar-refractivity contribution in [1.82, 2.24) is 10.2 Å². The number of hydrogen-bond donors (Lipinski definition) is 1. The van der Waals surface area contributed by atoms with E-state index in [9.17, 15) is 9.59 Å². The minimum absolute atomic E-state index is 0.0495. The molecule has 0 rings (SSSR count). The number of nitrogens with one attached hydrogen (secondary N) is 1. The number of nitrogens with zero attached hydrogens (tertiary/aromatic N) is 2. The topological polar surface area (TPSA) is 80.2 Å². The summed E-state index contributed by atoms with van der Waals surface area (Å²) in [6.45, 7) is 10.5. The summed E-state index contributed by atoms with van der Waals surface area (Å²) in [5.74, 6) is 0.0495. The number of carbonyl (C=O) groups is 2. The van der Waals surface area contributed by atoms with Crippen LogP contribution in [-0.4, -0.2) is 48.3 Å². The van der Waals surface area contributed by atoms with E-state index in [-0.39, 0.29) is 5.96 Å². The number of carbonyl (C=O) groups excluding carboxylic acids is 2. The van der Waals surface area contributed by atoms with Crippen LogP contribution in [0.5, 0.6) is 0 Å². The van der Waals surface area contributed by atoms with Crippen LogP contribution in [0.2, 0.25) is 0 Å². The molecule has 0 aromatic heterocycles. The van der Waals surface area contributed by atoms with E-state index in [1.807, 2.05) is 0 Å². The van der Waals surface area contributed by atoms with Gasteiger partial charge in [-0.2, -0.15) is 0 Å². The summed E-state index contributed by atoms with van der Waals surface area (Å²) < 4.78 is 10.2. The van der Waals surface area contributed by atoms with Gasteiger partial charge in [0.2, 0.25) is 5.96 Å². The molecule has 116 valence electrons. The van der Waals surface area contributed by atoms with Gasteiger partial charge in [-0.3, -0.25) is 4.90 Å². The fourth-order valence-corrected chi connectivity index (χ4v) is 1.09. The highest BCUT2D eigenvalue weighted by Gasteiger charge is 2.24. The zero-order chi connectivity index (χ0) is 16.1. The number of rotatable bonds is 0. The molecule has 0 radical (unpaired) electrons. The number of ether oxygens (including phenoxy) is 2. The van der Waals surface area contributed by atoms with Gasteiger partial charge in [0.25, 0.3) is 0 Å². The minimum Gasteiger partial charge on any atom is -0.443 e. The van der Waals surface area contributed by atoms with Gasteiger partial charge >= 0.3 is 12.2 Å². The second kappa shape index (κ2) is 6.58. The zero-order valence-corrected chi connectivity index (χ0v) is 13.5. The van der Waals surface area contributed by atoms with Gasteiger partial charge < -0.3 is 14.8 Å². The van der Waals surface area contributed by atoms with E-state index in [0.29, 0.717) is 0 Å². The van der Waals surface area contributed by atoms with E-state index in [1.165, 1.54) is 7.05 Å². The molecular weight excluding hydrogens is 262 g/mol. The average Bonchev–Trinajstić information content (AvgIpc) is 2.19. The van der Waals surface area contributed by atoms with Crippen LogP contribution >= 0.6 is 0 Å². The Balaban J connectivity index is 4.90. The molecule has 0 bridgehead atoms. The molecule has 0 atom stereocenters. The van der Waals surface area contributed by atoms with Crippen LogP contribution in [0.1, 0.15) is 41.5 Å². The van der Waals surface area contributed by atoms with Crippen molar-refractivity contribution in [3.05, 3.63) is 0 Å². The molecule has 0 unspecified atom stereocenters. The average molecular weight is 287 g/mol. The van der Waals surface area contributed by atoms with Crippen molar-refractivity contribution in [2.24, 2.45) is 4.99 Å². The summed E-state index contributed by atoms with van der Waals surface area (Å²) >= 11 is 0. The van der Waals surface area contributed by atoms with Gasteiger partial charge in [0.15, 0.2) is 0 Å². The lowest BCUT2D eigenvalue weighted by atomic mass is 10.2. The zero-order valence-electron chi connectivity index (χ0n) is 13.5. The largest absolute Gasteiger partial charge is 0.443 e. The molecule has 0 heterocycles. The van der Waals surface area contributed by atoms with Gasteiger partial charge in [0.1, 0.15) is 11.2 Å².